The highest BCUT2D eigenvalue weighted by molar-refractivity contribution is 5.92. The average Bonchev–Trinajstić information content (AvgIpc) is 2.94. The van der Waals surface area contributed by atoms with Crippen molar-refractivity contribution in [3.8, 4) is 5.69 Å². The summed E-state index contributed by atoms with van der Waals surface area (Å²) in [5.41, 5.74) is 1.07. The van der Waals surface area contributed by atoms with Gasteiger partial charge in [-0.05, 0) is 30.7 Å². The molecule has 0 saturated carbocycles. The van der Waals surface area contributed by atoms with Gasteiger partial charge < -0.3 is 14.6 Å². The molecular weight excluding hydrogens is 261 g/mol. The number of carbonyl (C=O) groups excluding carboxylic acids is 1. The van der Waals surface area contributed by atoms with Gasteiger partial charge in [0.25, 0.3) is 5.91 Å². The highest BCUT2D eigenvalue weighted by atomic mass is 19.1. The molecule has 0 fully saturated rings. The van der Waals surface area contributed by atoms with E-state index in [9.17, 15) is 9.18 Å². The maximum atomic E-state index is 12.8. The van der Waals surface area contributed by atoms with Gasteiger partial charge in [0, 0.05) is 32.1 Å². The lowest BCUT2D eigenvalue weighted by atomic mass is 10.3. The van der Waals surface area contributed by atoms with Crippen LogP contribution in [0.2, 0.25) is 0 Å². The molecule has 5 nitrogen and oxygen atoms in total. The topological polar surface area (TPSA) is 56.1 Å². The van der Waals surface area contributed by atoms with Crippen LogP contribution in [0.4, 0.5) is 4.39 Å². The fourth-order valence-electron chi connectivity index (χ4n) is 1.70. The molecule has 1 N–H and O–H groups in total. The summed E-state index contributed by atoms with van der Waals surface area (Å²) >= 11 is 0. The van der Waals surface area contributed by atoms with Crippen LogP contribution in [-0.4, -0.2) is 35.7 Å². The maximum absolute atomic E-state index is 12.8. The van der Waals surface area contributed by atoms with Gasteiger partial charge in [-0.2, -0.15) is 0 Å². The minimum Gasteiger partial charge on any atom is -0.385 e. The molecule has 6 heteroatoms. The first kappa shape index (κ1) is 14.2. The Kier molecular flexibility index (Phi) is 4.84. The molecule has 1 heterocycles. The number of amides is 1. The summed E-state index contributed by atoms with van der Waals surface area (Å²) in [4.78, 5) is 15.9. The summed E-state index contributed by atoms with van der Waals surface area (Å²) in [6.07, 6.45) is 3.89. The number of nitrogens with one attached hydrogen (secondary N) is 1. The van der Waals surface area contributed by atoms with Crippen molar-refractivity contribution in [2.45, 2.75) is 6.42 Å². The monoisotopic (exact) mass is 277 g/mol. The van der Waals surface area contributed by atoms with E-state index in [4.69, 9.17) is 4.74 Å². The van der Waals surface area contributed by atoms with Crippen LogP contribution in [-0.2, 0) is 4.74 Å². The molecule has 0 radical (unpaired) electrons. The molecule has 0 aliphatic rings. The normalized spacial score (nSPS) is 10.5. The van der Waals surface area contributed by atoms with E-state index in [1.807, 2.05) is 0 Å². The predicted molar refractivity (Wildman–Crippen MR) is 72.3 cm³/mol. The summed E-state index contributed by atoms with van der Waals surface area (Å²) in [7, 11) is 1.62. The van der Waals surface area contributed by atoms with Gasteiger partial charge in [0.05, 0.1) is 0 Å². The largest absolute Gasteiger partial charge is 0.385 e. The van der Waals surface area contributed by atoms with E-state index in [1.54, 1.807) is 30.0 Å². The summed E-state index contributed by atoms with van der Waals surface area (Å²) < 4.78 is 19.4. The van der Waals surface area contributed by atoms with Gasteiger partial charge in [0.1, 0.15) is 17.8 Å². The van der Waals surface area contributed by atoms with Crippen molar-refractivity contribution in [2.75, 3.05) is 20.3 Å². The Morgan fingerprint density at radius 3 is 2.85 bits per heavy atom. The van der Waals surface area contributed by atoms with E-state index in [1.165, 1.54) is 18.5 Å². The quantitative estimate of drug-likeness (QED) is 0.819. The Hall–Kier alpha value is -2.21. The van der Waals surface area contributed by atoms with Gasteiger partial charge in [-0.15, -0.1) is 0 Å². The zero-order valence-electron chi connectivity index (χ0n) is 11.2. The number of benzene rings is 1. The van der Waals surface area contributed by atoms with E-state index in [0.29, 0.717) is 18.8 Å². The second-order valence-electron chi connectivity index (χ2n) is 4.24. The lowest BCUT2D eigenvalue weighted by Crippen LogP contribution is -2.25. The predicted octanol–water partition coefficient (Wildman–Crippen LogP) is 1.78. The Morgan fingerprint density at radius 2 is 2.15 bits per heavy atom. The molecule has 0 aliphatic heterocycles. The summed E-state index contributed by atoms with van der Waals surface area (Å²) in [6.45, 7) is 1.14. The number of ether oxygens (including phenoxy) is 1. The number of imidazole rings is 1. The number of methoxy groups -OCH3 is 1. The van der Waals surface area contributed by atoms with Gasteiger partial charge in [-0.1, -0.05) is 0 Å². The summed E-state index contributed by atoms with van der Waals surface area (Å²) in [5.74, 6) is -0.535. The number of nitrogens with zero attached hydrogens (tertiary/aromatic N) is 2. The van der Waals surface area contributed by atoms with Crippen molar-refractivity contribution in [3.63, 3.8) is 0 Å². The Bertz CT molecular complexity index is 566. The van der Waals surface area contributed by atoms with Crippen molar-refractivity contribution >= 4 is 5.91 Å². The molecule has 1 aromatic heterocycles. The number of hydrogen-bond donors (Lipinski definition) is 1. The van der Waals surface area contributed by atoms with E-state index in [0.717, 1.165) is 12.1 Å². The summed E-state index contributed by atoms with van der Waals surface area (Å²) in [5, 5.41) is 2.75. The van der Waals surface area contributed by atoms with Crippen molar-refractivity contribution < 1.29 is 13.9 Å². The van der Waals surface area contributed by atoms with Crippen molar-refractivity contribution in [2.24, 2.45) is 0 Å². The van der Waals surface area contributed by atoms with Gasteiger partial charge in [0.15, 0.2) is 0 Å². The maximum Gasteiger partial charge on any atom is 0.271 e. The number of hydrogen-bond acceptors (Lipinski definition) is 3. The Labute approximate surface area is 116 Å². The van der Waals surface area contributed by atoms with E-state index < -0.39 is 0 Å². The third kappa shape index (κ3) is 3.64. The average molecular weight is 277 g/mol. The van der Waals surface area contributed by atoms with Crippen molar-refractivity contribution in [1.29, 1.82) is 0 Å². The van der Waals surface area contributed by atoms with E-state index >= 15 is 0 Å². The van der Waals surface area contributed by atoms with Crippen molar-refractivity contribution in [3.05, 3.63) is 48.3 Å². The number of aromatic nitrogens is 2. The molecule has 0 spiro atoms. The highest BCUT2D eigenvalue weighted by Crippen LogP contribution is 2.09. The van der Waals surface area contributed by atoms with E-state index in [-0.39, 0.29) is 11.7 Å². The van der Waals surface area contributed by atoms with Crippen LogP contribution in [0.3, 0.4) is 0 Å². The SMILES string of the molecule is COCCCNC(=O)c1cn(-c2ccc(F)cc2)cn1. The third-order valence-electron chi connectivity index (χ3n) is 2.75. The number of carbonyl (C=O) groups is 1. The van der Waals surface area contributed by atoms with Crippen LogP contribution in [0, 0.1) is 5.82 Å². The number of rotatable bonds is 6. The first-order valence-corrected chi connectivity index (χ1v) is 6.28. The molecule has 2 aromatic rings. The van der Waals surface area contributed by atoms with Crippen LogP contribution in [0.1, 0.15) is 16.9 Å². The molecule has 20 heavy (non-hydrogen) atoms. The first-order chi connectivity index (χ1) is 9.70. The lowest BCUT2D eigenvalue weighted by molar-refractivity contribution is 0.0944. The second kappa shape index (κ2) is 6.81. The zero-order chi connectivity index (χ0) is 14.4. The van der Waals surface area contributed by atoms with Crippen LogP contribution < -0.4 is 5.32 Å². The second-order valence-corrected chi connectivity index (χ2v) is 4.24. The Morgan fingerprint density at radius 1 is 1.40 bits per heavy atom. The van der Waals surface area contributed by atoms with Crippen LogP contribution in [0.15, 0.2) is 36.8 Å². The van der Waals surface area contributed by atoms with Gasteiger partial charge in [-0.3, -0.25) is 4.79 Å². The van der Waals surface area contributed by atoms with Gasteiger partial charge in [0.2, 0.25) is 0 Å². The molecular formula is C14H16FN3O2. The third-order valence-corrected chi connectivity index (χ3v) is 2.75. The number of halogens is 1. The summed E-state index contributed by atoms with van der Waals surface area (Å²) in [6, 6.07) is 5.97. The molecule has 1 aromatic carbocycles. The first-order valence-electron chi connectivity index (χ1n) is 6.28. The molecule has 1 amide bonds. The molecule has 0 saturated heterocycles. The lowest BCUT2D eigenvalue weighted by Gasteiger charge is -2.02. The molecule has 2 rings (SSSR count). The fraction of sp³-hybridized carbons (Fsp3) is 0.286. The molecule has 0 atom stereocenters. The van der Waals surface area contributed by atoms with Crippen LogP contribution >= 0.6 is 0 Å². The van der Waals surface area contributed by atoms with Gasteiger partial charge in [-0.25, -0.2) is 9.37 Å². The zero-order valence-corrected chi connectivity index (χ0v) is 11.2. The molecule has 106 valence electrons. The van der Waals surface area contributed by atoms with Crippen LogP contribution in [0.25, 0.3) is 5.69 Å². The molecule has 0 aliphatic carbocycles. The van der Waals surface area contributed by atoms with Crippen LogP contribution in [0.5, 0.6) is 0 Å². The minimum absolute atomic E-state index is 0.234. The molecule has 0 bridgehead atoms. The smallest absolute Gasteiger partial charge is 0.271 e. The Balaban J connectivity index is 1.98. The minimum atomic E-state index is -0.301. The standard InChI is InChI=1S/C14H16FN3O2/c1-20-8-2-7-16-14(19)13-9-18(10-17-13)12-5-3-11(15)4-6-12/h3-6,9-10H,2,7-8H2,1H3,(H,16,19). The van der Waals surface area contributed by atoms with E-state index in [2.05, 4.69) is 10.3 Å². The molecule has 0 unspecified atom stereocenters. The fourth-order valence-corrected chi connectivity index (χ4v) is 1.70. The van der Waals surface area contributed by atoms with Crippen molar-refractivity contribution in [1.82, 2.24) is 14.9 Å². The highest BCUT2D eigenvalue weighted by Gasteiger charge is 2.09. The van der Waals surface area contributed by atoms with Gasteiger partial charge >= 0.3 is 0 Å².